The van der Waals surface area contributed by atoms with Gasteiger partial charge in [0.15, 0.2) is 0 Å². The lowest BCUT2D eigenvalue weighted by Crippen LogP contribution is -2.41. The molecule has 0 aromatic carbocycles. The molecule has 0 saturated carbocycles. The number of aromatic amines is 1. The summed E-state index contributed by atoms with van der Waals surface area (Å²) in [7, 11) is -0.352. The Morgan fingerprint density at radius 3 is 2.37 bits per heavy atom. The van der Waals surface area contributed by atoms with Crippen LogP contribution in [0.25, 0.3) is 6.08 Å². The highest BCUT2D eigenvalue weighted by molar-refractivity contribution is 7.71. The van der Waals surface area contributed by atoms with Crippen molar-refractivity contribution in [1.29, 1.82) is 0 Å². The van der Waals surface area contributed by atoms with Gasteiger partial charge in [-0.3, -0.25) is 0 Å². The first-order valence-electron chi connectivity index (χ1n) is 6.23. The molecule has 0 radical (unpaired) electrons. The molecule has 1 aromatic rings. The first kappa shape index (κ1) is 14.3. The van der Waals surface area contributed by atoms with Crippen LogP contribution in [0.3, 0.4) is 0 Å². The minimum absolute atomic E-state index is 0.322. The van der Waals surface area contributed by atoms with Crippen molar-refractivity contribution in [2.75, 3.05) is 5.73 Å². The molecule has 1 aliphatic heterocycles. The molecule has 2 heterocycles. The fraction of sp³-hybridized carbons (Fsp3) is 0.462. The predicted octanol–water partition coefficient (Wildman–Crippen LogP) is 2.97. The summed E-state index contributed by atoms with van der Waals surface area (Å²) in [6.07, 6.45) is 3.71. The zero-order valence-corrected chi connectivity index (χ0v) is 12.5. The van der Waals surface area contributed by atoms with Crippen molar-refractivity contribution < 1.29 is 9.31 Å². The van der Waals surface area contributed by atoms with Crippen molar-refractivity contribution in [3.05, 3.63) is 28.4 Å². The van der Waals surface area contributed by atoms with E-state index in [0.717, 1.165) is 5.56 Å². The van der Waals surface area contributed by atoms with Gasteiger partial charge in [0.2, 0.25) is 0 Å². The topological polar surface area (TPSA) is 60.3 Å². The minimum atomic E-state index is -0.352. The quantitative estimate of drug-likeness (QED) is 0.645. The highest BCUT2D eigenvalue weighted by Crippen LogP contribution is 2.36. The summed E-state index contributed by atoms with van der Waals surface area (Å²) in [6, 6.07) is 1.82. The largest absolute Gasteiger partial charge is 0.487 e. The van der Waals surface area contributed by atoms with Gasteiger partial charge in [-0.25, -0.2) is 0 Å². The second-order valence-corrected chi connectivity index (χ2v) is 6.11. The molecule has 2 rings (SSSR count). The van der Waals surface area contributed by atoms with Crippen LogP contribution in [0.4, 0.5) is 5.69 Å². The van der Waals surface area contributed by atoms with E-state index in [4.69, 9.17) is 27.3 Å². The number of aromatic nitrogens is 1. The fourth-order valence-electron chi connectivity index (χ4n) is 1.77. The molecule has 19 heavy (non-hydrogen) atoms. The third-order valence-corrected chi connectivity index (χ3v) is 4.03. The third kappa shape index (κ3) is 2.91. The van der Waals surface area contributed by atoms with E-state index in [1.165, 1.54) is 0 Å². The van der Waals surface area contributed by atoms with E-state index in [1.54, 1.807) is 6.20 Å². The lowest BCUT2D eigenvalue weighted by Gasteiger charge is -2.32. The number of anilines is 1. The molecule has 1 fully saturated rings. The van der Waals surface area contributed by atoms with Crippen LogP contribution in [0.2, 0.25) is 0 Å². The number of H-pyrrole nitrogens is 1. The van der Waals surface area contributed by atoms with Crippen LogP contribution < -0.4 is 5.73 Å². The predicted molar refractivity (Wildman–Crippen MR) is 81.2 cm³/mol. The monoisotopic (exact) mass is 278 g/mol. The summed E-state index contributed by atoms with van der Waals surface area (Å²) in [4.78, 5) is 2.93. The highest BCUT2D eigenvalue weighted by Gasteiger charge is 2.49. The molecule has 6 heteroatoms. The Morgan fingerprint density at radius 2 is 1.84 bits per heavy atom. The Bertz CT molecular complexity index is 550. The number of nitrogens with two attached hydrogens (primary N) is 1. The molecule has 0 atom stereocenters. The summed E-state index contributed by atoms with van der Waals surface area (Å²) in [5, 5.41) is 0. The second kappa shape index (κ2) is 4.78. The van der Waals surface area contributed by atoms with Crippen LogP contribution in [-0.2, 0) is 9.31 Å². The van der Waals surface area contributed by atoms with Crippen LogP contribution in [-0.4, -0.2) is 23.3 Å². The van der Waals surface area contributed by atoms with E-state index in [2.05, 4.69) is 4.98 Å². The van der Waals surface area contributed by atoms with Gasteiger partial charge in [0.1, 0.15) is 4.64 Å². The van der Waals surface area contributed by atoms with Gasteiger partial charge in [0, 0.05) is 6.20 Å². The van der Waals surface area contributed by atoms with Crippen molar-refractivity contribution in [3.63, 3.8) is 0 Å². The van der Waals surface area contributed by atoms with Crippen molar-refractivity contribution in [2.24, 2.45) is 0 Å². The molecule has 0 aliphatic carbocycles. The maximum Gasteiger partial charge on any atom is 0.487 e. The van der Waals surface area contributed by atoms with Crippen LogP contribution >= 0.6 is 12.2 Å². The van der Waals surface area contributed by atoms with E-state index < -0.39 is 0 Å². The number of hydrogen-bond acceptors (Lipinski definition) is 4. The maximum atomic E-state index is 5.87. The summed E-state index contributed by atoms with van der Waals surface area (Å²) >= 11 is 5.01. The highest BCUT2D eigenvalue weighted by atomic mass is 32.1. The molecular weight excluding hydrogens is 259 g/mol. The molecule has 0 amide bonds. The Labute approximate surface area is 119 Å². The van der Waals surface area contributed by atoms with Gasteiger partial charge in [-0.05, 0) is 39.3 Å². The van der Waals surface area contributed by atoms with Gasteiger partial charge in [-0.15, -0.1) is 0 Å². The van der Waals surface area contributed by atoms with Crippen molar-refractivity contribution in [2.45, 2.75) is 38.9 Å². The maximum absolute atomic E-state index is 5.87. The van der Waals surface area contributed by atoms with Gasteiger partial charge >= 0.3 is 7.12 Å². The van der Waals surface area contributed by atoms with Crippen molar-refractivity contribution in [1.82, 2.24) is 4.98 Å². The van der Waals surface area contributed by atoms with Crippen LogP contribution in [0.5, 0.6) is 0 Å². The van der Waals surface area contributed by atoms with E-state index in [0.29, 0.717) is 10.3 Å². The number of rotatable bonds is 2. The normalized spacial score (nSPS) is 21.2. The summed E-state index contributed by atoms with van der Waals surface area (Å²) in [6.45, 7) is 8.11. The summed E-state index contributed by atoms with van der Waals surface area (Å²) in [5.41, 5.74) is 6.61. The van der Waals surface area contributed by atoms with E-state index in [1.807, 2.05) is 45.8 Å². The van der Waals surface area contributed by atoms with Gasteiger partial charge in [0.05, 0.1) is 16.9 Å². The zero-order chi connectivity index (χ0) is 14.3. The molecule has 0 spiro atoms. The molecule has 1 aliphatic rings. The molecule has 0 bridgehead atoms. The minimum Gasteiger partial charge on any atom is -0.400 e. The fourth-order valence-corrected chi connectivity index (χ4v) is 1.89. The molecule has 1 saturated heterocycles. The average Bonchev–Trinajstić information content (AvgIpc) is 2.49. The van der Waals surface area contributed by atoms with Crippen LogP contribution in [0.15, 0.2) is 18.2 Å². The van der Waals surface area contributed by atoms with E-state index >= 15 is 0 Å². The number of nitrogen functional groups attached to an aromatic ring is 1. The van der Waals surface area contributed by atoms with Crippen molar-refractivity contribution in [3.8, 4) is 0 Å². The van der Waals surface area contributed by atoms with Gasteiger partial charge in [-0.1, -0.05) is 24.3 Å². The standard InChI is InChI=1S/C13H19BN2O2S/c1-12(2)13(3,4)18-14(17-12)6-5-9-7-10(15)11(19)16-8-9/h5-8H,15H2,1-4H3,(H,16,19)/b6-5+. The Morgan fingerprint density at radius 1 is 1.26 bits per heavy atom. The number of nitrogens with one attached hydrogen (secondary N) is 1. The number of hydrogen-bond donors (Lipinski definition) is 2. The Kier molecular flexibility index (Phi) is 3.60. The SMILES string of the molecule is CC1(C)OB(/C=C/c2c[nH]c(=S)c(N)c2)OC1(C)C. The molecule has 3 N–H and O–H groups in total. The Balaban J connectivity index is 2.12. The van der Waals surface area contributed by atoms with Crippen molar-refractivity contribution >= 4 is 31.1 Å². The molecule has 4 nitrogen and oxygen atoms in total. The zero-order valence-electron chi connectivity index (χ0n) is 11.7. The van der Waals surface area contributed by atoms with Crippen LogP contribution in [0, 0.1) is 4.64 Å². The summed E-state index contributed by atoms with van der Waals surface area (Å²) in [5.74, 6) is 1.88. The second-order valence-electron chi connectivity index (χ2n) is 5.70. The molecule has 102 valence electrons. The Hall–Kier alpha value is -1.11. The third-order valence-electron chi connectivity index (χ3n) is 3.67. The van der Waals surface area contributed by atoms with Gasteiger partial charge in [-0.2, -0.15) is 0 Å². The lowest BCUT2D eigenvalue weighted by molar-refractivity contribution is 0.00578. The molecular formula is C13H19BN2O2S. The van der Waals surface area contributed by atoms with E-state index in [-0.39, 0.29) is 18.3 Å². The van der Waals surface area contributed by atoms with E-state index in [9.17, 15) is 0 Å². The first-order chi connectivity index (χ1) is 8.71. The van der Waals surface area contributed by atoms with Gasteiger partial charge < -0.3 is 20.0 Å². The number of pyridine rings is 1. The van der Waals surface area contributed by atoms with Gasteiger partial charge in [0.25, 0.3) is 0 Å². The summed E-state index contributed by atoms with van der Waals surface area (Å²) < 4.78 is 12.3. The molecule has 0 unspecified atom stereocenters. The lowest BCUT2D eigenvalue weighted by atomic mass is 9.89. The smallest absolute Gasteiger partial charge is 0.400 e. The first-order valence-corrected chi connectivity index (χ1v) is 6.64. The molecule has 1 aromatic heterocycles. The average molecular weight is 278 g/mol. The van der Waals surface area contributed by atoms with Crippen LogP contribution in [0.1, 0.15) is 33.3 Å².